The van der Waals surface area contributed by atoms with Crippen molar-refractivity contribution >= 4 is 5.95 Å². The minimum Gasteiger partial charge on any atom is -0.391 e. The topological polar surface area (TPSA) is 89.9 Å². The van der Waals surface area contributed by atoms with E-state index in [-0.39, 0.29) is 18.1 Å². The van der Waals surface area contributed by atoms with Gasteiger partial charge in [-0.2, -0.15) is 0 Å². The number of aliphatic hydroxyl groups excluding tert-OH is 1. The van der Waals surface area contributed by atoms with E-state index in [0.717, 1.165) is 25.7 Å². The summed E-state index contributed by atoms with van der Waals surface area (Å²) in [6, 6.07) is -0.0382. The van der Waals surface area contributed by atoms with Crippen LogP contribution in [0, 0.1) is 0 Å². The van der Waals surface area contributed by atoms with Gasteiger partial charge in [0, 0.05) is 0 Å². The maximum Gasteiger partial charge on any atom is 0.240 e. The van der Waals surface area contributed by atoms with Gasteiger partial charge in [-0.15, -0.1) is 0 Å². The van der Waals surface area contributed by atoms with E-state index < -0.39 is 0 Å². The van der Waals surface area contributed by atoms with Crippen molar-refractivity contribution in [1.82, 2.24) is 20.2 Å². The largest absolute Gasteiger partial charge is 0.391 e. The number of nitrogen functional groups attached to an aromatic ring is 1. The highest BCUT2D eigenvalue weighted by Crippen LogP contribution is 2.28. The van der Waals surface area contributed by atoms with Gasteiger partial charge in [0.2, 0.25) is 5.95 Å². The maximum absolute atomic E-state index is 9.69. The molecule has 1 aromatic rings. The van der Waals surface area contributed by atoms with Crippen molar-refractivity contribution in [2.45, 2.75) is 37.8 Å². The molecule has 0 aromatic carbocycles. The molecule has 0 radical (unpaired) electrons. The van der Waals surface area contributed by atoms with E-state index >= 15 is 0 Å². The number of aromatic nitrogens is 4. The molecule has 72 valence electrons. The molecule has 0 amide bonds. The van der Waals surface area contributed by atoms with Crippen LogP contribution in [0.2, 0.25) is 0 Å². The van der Waals surface area contributed by atoms with Gasteiger partial charge in [0.25, 0.3) is 0 Å². The monoisotopic (exact) mass is 183 g/mol. The van der Waals surface area contributed by atoms with Crippen molar-refractivity contribution in [2.75, 3.05) is 5.73 Å². The highest BCUT2D eigenvalue weighted by Gasteiger charge is 2.26. The number of rotatable bonds is 1. The standard InChI is InChI=1S/C7H13N5O/c8-7-9-10-11-12(7)5-3-1-2-4-6(5)13/h5-6,13H,1-4H2,(H2,8,9,11). The molecule has 0 spiro atoms. The number of anilines is 1. The van der Waals surface area contributed by atoms with Crippen LogP contribution in [0.15, 0.2) is 0 Å². The third-order valence-corrected chi connectivity index (χ3v) is 2.53. The van der Waals surface area contributed by atoms with E-state index in [4.69, 9.17) is 5.73 Å². The molecule has 6 nitrogen and oxygen atoms in total. The Morgan fingerprint density at radius 2 is 2.15 bits per heavy atom. The Balaban J connectivity index is 2.19. The van der Waals surface area contributed by atoms with Crippen molar-refractivity contribution in [2.24, 2.45) is 0 Å². The Labute approximate surface area is 75.7 Å². The summed E-state index contributed by atoms with van der Waals surface area (Å²) in [4.78, 5) is 0. The molecule has 1 aliphatic carbocycles. The summed E-state index contributed by atoms with van der Waals surface area (Å²) in [7, 11) is 0. The molecule has 1 heterocycles. The summed E-state index contributed by atoms with van der Waals surface area (Å²) in [5.74, 6) is 0.283. The van der Waals surface area contributed by atoms with Gasteiger partial charge in [-0.1, -0.05) is 17.9 Å². The van der Waals surface area contributed by atoms with Gasteiger partial charge in [0.15, 0.2) is 0 Å². The van der Waals surface area contributed by atoms with Crippen molar-refractivity contribution in [3.63, 3.8) is 0 Å². The van der Waals surface area contributed by atoms with E-state index in [9.17, 15) is 5.11 Å². The van der Waals surface area contributed by atoms with Crippen molar-refractivity contribution in [1.29, 1.82) is 0 Å². The number of nitrogens with two attached hydrogens (primary N) is 1. The van der Waals surface area contributed by atoms with E-state index in [1.807, 2.05) is 0 Å². The molecule has 3 N–H and O–H groups in total. The molecule has 0 bridgehead atoms. The fourth-order valence-electron chi connectivity index (χ4n) is 1.81. The minimum atomic E-state index is -0.362. The van der Waals surface area contributed by atoms with Crippen LogP contribution >= 0.6 is 0 Å². The Bertz CT molecular complexity index is 286. The smallest absolute Gasteiger partial charge is 0.240 e. The summed E-state index contributed by atoms with van der Waals surface area (Å²) < 4.78 is 1.52. The molecule has 13 heavy (non-hydrogen) atoms. The van der Waals surface area contributed by atoms with Crippen LogP contribution in [0.1, 0.15) is 31.7 Å². The third kappa shape index (κ3) is 1.49. The molecule has 2 rings (SSSR count). The highest BCUT2D eigenvalue weighted by molar-refractivity contribution is 5.12. The second-order valence-corrected chi connectivity index (χ2v) is 3.40. The number of tetrazole rings is 1. The fraction of sp³-hybridized carbons (Fsp3) is 0.857. The quantitative estimate of drug-likeness (QED) is 0.625. The van der Waals surface area contributed by atoms with Crippen LogP contribution in [-0.4, -0.2) is 31.4 Å². The predicted octanol–water partition coefficient (Wildman–Crippen LogP) is -0.269. The molecule has 1 fully saturated rings. The van der Waals surface area contributed by atoms with Crippen LogP contribution in [0.4, 0.5) is 5.95 Å². The average molecular weight is 183 g/mol. The average Bonchev–Trinajstić information content (AvgIpc) is 2.52. The molecule has 2 atom stereocenters. The van der Waals surface area contributed by atoms with E-state index in [2.05, 4.69) is 15.5 Å². The van der Waals surface area contributed by atoms with E-state index in [1.54, 1.807) is 0 Å². The zero-order valence-corrected chi connectivity index (χ0v) is 7.30. The first-order valence-electron chi connectivity index (χ1n) is 4.50. The summed E-state index contributed by atoms with van der Waals surface area (Å²) >= 11 is 0. The van der Waals surface area contributed by atoms with Gasteiger partial charge in [0.1, 0.15) is 0 Å². The van der Waals surface area contributed by atoms with Crippen molar-refractivity contribution < 1.29 is 5.11 Å². The lowest BCUT2D eigenvalue weighted by Gasteiger charge is -2.27. The van der Waals surface area contributed by atoms with Crippen LogP contribution < -0.4 is 5.73 Å². The molecular weight excluding hydrogens is 170 g/mol. The molecular formula is C7H13N5O. The van der Waals surface area contributed by atoms with Gasteiger partial charge >= 0.3 is 0 Å². The van der Waals surface area contributed by atoms with Crippen molar-refractivity contribution in [3.05, 3.63) is 0 Å². The van der Waals surface area contributed by atoms with Gasteiger partial charge in [-0.3, -0.25) is 0 Å². The van der Waals surface area contributed by atoms with Gasteiger partial charge in [-0.25, -0.2) is 4.68 Å². The van der Waals surface area contributed by atoms with Gasteiger partial charge in [0.05, 0.1) is 12.1 Å². The normalized spacial score (nSPS) is 29.0. The third-order valence-electron chi connectivity index (χ3n) is 2.53. The van der Waals surface area contributed by atoms with Crippen LogP contribution in [0.3, 0.4) is 0 Å². The number of aliphatic hydroxyl groups is 1. The Morgan fingerprint density at radius 3 is 2.77 bits per heavy atom. The number of hydrogen-bond acceptors (Lipinski definition) is 5. The zero-order chi connectivity index (χ0) is 9.26. The molecule has 2 unspecified atom stereocenters. The van der Waals surface area contributed by atoms with E-state index in [1.165, 1.54) is 4.68 Å². The molecule has 6 heteroatoms. The van der Waals surface area contributed by atoms with Gasteiger partial charge in [-0.05, 0) is 23.3 Å². The molecule has 1 saturated carbocycles. The second kappa shape index (κ2) is 3.29. The predicted molar refractivity (Wildman–Crippen MR) is 45.7 cm³/mol. The number of hydrogen-bond donors (Lipinski definition) is 2. The summed E-state index contributed by atoms with van der Waals surface area (Å²) in [5.41, 5.74) is 5.55. The summed E-state index contributed by atoms with van der Waals surface area (Å²) in [6.07, 6.45) is 3.51. The van der Waals surface area contributed by atoms with Crippen molar-refractivity contribution in [3.8, 4) is 0 Å². The van der Waals surface area contributed by atoms with Crippen LogP contribution in [0.25, 0.3) is 0 Å². The molecule has 1 aliphatic rings. The first kappa shape index (κ1) is 8.43. The van der Waals surface area contributed by atoms with E-state index in [0.29, 0.717) is 0 Å². The summed E-state index contributed by atoms with van der Waals surface area (Å²) in [6.45, 7) is 0. The zero-order valence-electron chi connectivity index (χ0n) is 7.30. The Kier molecular flexibility index (Phi) is 2.13. The van der Waals surface area contributed by atoms with Gasteiger partial charge < -0.3 is 10.8 Å². The second-order valence-electron chi connectivity index (χ2n) is 3.40. The highest BCUT2D eigenvalue weighted by atomic mass is 16.3. The molecule has 0 aliphatic heterocycles. The SMILES string of the molecule is Nc1nnnn1C1CCCCC1O. The maximum atomic E-state index is 9.69. The first-order valence-corrected chi connectivity index (χ1v) is 4.50. The lowest BCUT2D eigenvalue weighted by Crippen LogP contribution is -2.29. The Morgan fingerprint density at radius 1 is 1.38 bits per heavy atom. The number of nitrogens with zero attached hydrogens (tertiary/aromatic N) is 4. The lowest BCUT2D eigenvalue weighted by atomic mass is 9.93. The lowest BCUT2D eigenvalue weighted by molar-refractivity contribution is 0.0696. The first-order chi connectivity index (χ1) is 6.29. The minimum absolute atomic E-state index is 0.0382. The fourth-order valence-corrected chi connectivity index (χ4v) is 1.81. The Hall–Kier alpha value is -1.17. The van der Waals surface area contributed by atoms with Crippen LogP contribution in [-0.2, 0) is 0 Å². The molecule has 1 aromatic heterocycles. The summed E-state index contributed by atoms with van der Waals surface area (Å²) in [5, 5.41) is 20.5. The molecule has 0 saturated heterocycles. The van der Waals surface area contributed by atoms with Crippen LogP contribution in [0.5, 0.6) is 0 Å².